The third kappa shape index (κ3) is 1.35. The van der Waals surface area contributed by atoms with E-state index >= 15 is 0 Å². The number of fused-ring (bicyclic) bond motifs is 1. The highest BCUT2D eigenvalue weighted by atomic mass is 16.5. The summed E-state index contributed by atoms with van der Waals surface area (Å²) >= 11 is 0. The SMILES string of the molecule is CCOC(=O)[C@]12C=CC(=O)N[C@]1(O)CCC2. The number of esters is 1. The fourth-order valence-corrected chi connectivity index (χ4v) is 2.51. The van der Waals surface area contributed by atoms with Crippen molar-refractivity contribution in [2.24, 2.45) is 5.41 Å². The molecule has 1 aliphatic heterocycles. The first-order valence-electron chi connectivity index (χ1n) is 5.45. The van der Waals surface area contributed by atoms with E-state index in [0.717, 1.165) is 0 Å². The Morgan fingerprint density at radius 2 is 2.38 bits per heavy atom. The van der Waals surface area contributed by atoms with Crippen molar-refractivity contribution in [2.45, 2.75) is 31.9 Å². The van der Waals surface area contributed by atoms with E-state index in [4.69, 9.17) is 4.74 Å². The summed E-state index contributed by atoms with van der Waals surface area (Å²) in [4.78, 5) is 23.2. The molecular weight excluding hydrogens is 210 g/mol. The minimum absolute atomic E-state index is 0.262. The second-order valence-corrected chi connectivity index (χ2v) is 4.23. The summed E-state index contributed by atoms with van der Waals surface area (Å²) in [5.74, 6) is -0.837. The number of carbonyl (C=O) groups is 2. The van der Waals surface area contributed by atoms with Crippen molar-refractivity contribution >= 4 is 11.9 Å². The predicted octanol–water partition coefficient (Wildman–Crippen LogP) is 0.0944. The van der Waals surface area contributed by atoms with Gasteiger partial charge in [-0.3, -0.25) is 9.59 Å². The average molecular weight is 225 g/mol. The van der Waals surface area contributed by atoms with Gasteiger partial charge in [0, 0.05) is 6.08 Å². The quantitative estimate of drug-likeness (QED) is 0.653. The van der Waals surface area contributed by atoms with Crippen molar-refractivity contribution in [3.05, 3.63) is 12.2 Å². The van der Waals surface area contributed by atoms with Gasteiger partial charge in [-0.05, 0) is 26.2 Å². The lowest BCUT2D eigenvalue weighted by molar-refractivity contribution is -0.170. The van der Waals surface area contributed by atoms with Crippen LogP contribution < -0.4 is 5.32 Å². The van der Waals surface area contributed by atoms with Crippen molar-refractivity contribution in [1.29, 1.82) is 0 Å². The summed E-state index contributed by atoms with van der Waals surface area (Å²) in [6, 6.07) is 0. The Labute approximate surface area is 93.5 Å². The van der Waals surface area contributed by atoms with Crippen LogP contribution in [0, 0.1) is 5.41 Å². The highest BCUT2D eigenvalue weighted by Gasteiger charge is 2.60. The number of amides is 1. The van der Waals surface area contributed by atoms with E-state index < -0.39 is 17.1 Å². The Balaban J connectivity index is 2.39. The minimum atomic E-state index is -1.48. The van der Waals surface area contributed by atoms with Crippen molar-refractivity contribution < 1.29 is 19.4 Å². The van der Waals surface area contributed by atoms with E-state index in [2.05, 4.69) is 5.32 Å². The molecule has 0 bridgehead atoms. The van der Waals surface area contributed by atoms with Crippen LogP contribution in [0.4, 0.5) is 0 Å². The van der Waals surface area contributed by atoms with Crippen molar-refractivity contribution in [3.8, 4) is 0 Å². The molecule has 2 N–H and O–H groups in total. The summed E-state index contributed by atoms with van der Waals surface area (Å²) in [6.45, 7) is 1.98. The molecule has 1 amide bonds. The monoisotopic (exact) mass is 225 g/mol. The molecule has 1 aliphatic carbocycles. The Kier molecular flexibility index (Phi) is 2.50. The second-order valence-electron chi connectivity index (χ2n) is 4.23. The van der Waals surface area contributed by atoms with Crippen molar-refractivity contribution in [3.63, 3.8) is 0 Å². The van der Waals surface area contributed by atoms with Crippen LogP contribution >= 0.6 is 0 Å². The van der Waals surface area contributed by atoms with Gasteiger partial charge in [0.05, 0.1) is 6.61 Å². The van der Waals surface area contributed by atoms with Crippen LogP contribution in [0.3, 0.4) is 0 Å². The van der Waals surface area contributed by atoms with E-state index in [9.17, 15) is 14.7 Å². The van der Waals surface area contributed by atoms with Gasteiger partial charge in [-0.1, -0.05) is 6.08 Å². The predicted molar refractivity (Wildman–Crippen MR) is 55.1 cm³/mol. The lowest BCUT2D eigenvalue weighted by Gasteiger charge is -2.40. The van der Waals surface area contributed by atoms with Gasteiger partial charge >= 0.3 is 5.97 Å². The van der Waals surface area contributed by atoms with Crippen LogP contribution in [0.25, 0.3) is 0 Å². The van der Waals surface area contributed by atoms with E-state index in [1.54, 1.807) is 6.92 Å². The molecule has 0 aromatic heterocycles. The van der Waals surface area contributed by atoms with Gasteiger partial charge in [0.25, 0.3) is 0 Å². The molecule has 2 rings (SSSR count). The first-order chi connectivity index (χ1) is 7.54. The second kappa shape index (κ2) is 3.59. The van der Waals surface area contributed by atoms with Crippen LogP contribution in [-0.4, -0.2) is 29.3 Å². The Bertz CT molecular complexity index is 365. The molecule has 16 heavy (non-hydrogen) atoms. The van der Waals surface area contributed by atoms with Crippen LogP contribution in [0.15, 0.2) is 12.2 Å². The molecule has 1 heterocycles. The first-order valence-corrected chi connectivity index (χ1v) is 5.45. The zero-order valence-corrected chi connectivity index (χ0v) is 9.16. The molecule has 2 aliphatic rings. The van der Waals surface area contributed by atoms with E-state index in [0.29, 0.717) is 19.3 Å². The number of hydrogen-bond donors (Lipinski definition) is 2. The van der Waals surface area contributed by atoms with Gasteiger partial charge in [0.15, 0.2) is 5.72 Å². The van der Waals surface area contributed by atoms with E-state index in [-0.39, 0.29) is 12.5 Å². The summed E-state index contributed by atoms with van der Waals surface area (Å²) < 4.78 is 4.98. The molecule has 1 saturated carbocycles. The lowest BCUT2D eigenvalue weighted by atomic mass is 9.77. The molecular formula is C11H15NO4. The van der Waals surface area contributed by atoms with Crippen LogP contribution in [0.2, 0.25) is 0 Å². The molecule has 5 nitrogen and oxygen atoms in total. The summed E-state index contributed by atoms with van der Waals surface area (Å²) in [5, 5.41) is 12.8. The fraction of sp³-hybridized carbons (Fsp3) is 0.636. The Hall–Kier alpha value is -1.36. The van der Waals surface area contributed by atoms with E-state index in [1.165, 1.54) is 12.2 Å². The van der Waals surface area contributed by atoms with Gasteiger partial charge in [0.1, 0.15) is 5.41 Å². The van der Waals surface area contributed by atoms with Gasteiger partial charge in [-0.2, -0.15) is 0 Å². The van der Waals surface area contributed by atoms with Gasteiger partial charge in [-0.15, -0.1) is 0 Å². The van der Waals surface area contributed by atoms with E-state index in [1.807, 2.05) is 0 Å². The van der Waals surface area contributed by atoms with Crippen LogP contribution in [-0.2, 0) is 14.3 Å². The number of carbonyl (C=O) groups excluding carboxylic acids is 2. The highest BCUT2D eigenvalue weighted by molar-refractivity contribution is 5.94. The van der Waals surface area contributed by atoms with Gasteiger partial charge < -0.3 is 15.2 Å². The minimum Gasteiger partial charge on any atom is -0.465 e. The smallest absolute Gasteiger partial charge is 0.320 e. The molecule has 0 aromatic rings. The zero-order valence-electron chi connectivity index (χ0n) is 9.16. The molecule has 0 radical (unpaired) electrons. The molecule has 0 saturated heterocycles. The molecule has 1 fully saturated rings. The third-order valence-corrected chi connectivity index (χ3v) is 3.34. The molecule has 0 aromatic carbocycles. The zero-order chi connectivity index (χ0) is 11.8. The highest BCUT2D eigenvalue weighted by Crippen LogP contribution is 2.48. The standard InChI is InChI=1S/C11H15NO4/c1-2-16-9(14)10-5-3-6-11(10,15)12-8(13)4-7-10/h4,7,15H,2-3,5-6H2,1H3,(H,12,13)/t10-,11-/m0/s1. The maximum atomic E-state index is 11.9. The average Bonchev–Trinajstić information content (AvgIpc) is 2.55. The van der Waals surface area contributed by atoms with Crippen LogP contribution in [0.1, 0.15) is 26.2 Å². The summed E-state index contributed by atoms with van der Waals surface area (Å²) in [7, 11) is 0. The summed E-state index contributed by atoms with van der Waals surface area (Å²) in [5.41, 5.74) is -2.58. The number of ether oxygens (including phenoxy) is 1. The molecule has 0 unspecified atom stereocenters. The molecule has 2 atom stereocenters. The van der Waals surface area contributed by atoms with Crippen LogP contribution in [0.5, 0.6) is 0 Å². The number of rotatable bonds is 2. The number of nitrogens with one attached hydrogen (secondary N) is 1. The maximum Gasteiger partial charge on any atom is 0.320 e. The topological polar surface area (TPSA) is 75.6 Å². The maximum absolute atomic E-state index is 11.9. The van der Waals surface area contributed by atoms with Gasteiger partial charge in [-0.25, -0.2) is 0 Å². The number of aliphatic hydroxyl groups is 1. The Morgan fingerprint density at radius 3 is 3.06 bits per heavy atom. The normalized spacial score (nSPS) is 36.8. The molecule has 5 heteroatoms. The van der Waals surface area contributed by atoms with Crippen molar-refractivity contribution in [1.82, 2.24) is 5.32 Å². The summed E-state index contributed by atoms with van der Waals surface area (Å²) in [6.07, 6.45) is 4.33. The third-order valence-electron chi connectivity index (χ3n) is 3.34. The Morgan fingerprint density at radius 1 is 1.62 bits per heavy atom. The molecule has 88 valence electrons. The van der Waals surface area contributed by atoms with Crippen molar-refractivity contribution in [2.75, 3.05) is 6.61 Å². The lowest BCUT2D eigenvalue weighted by Crippen LogP contribution is -2.61. The number of hydrogen-bond acceptors (Lipinski definition) is 4. The fourth-order valence-electron chi connectivity index (χ4n) is 2.51. The largest absolute Gasteiger partial charge is 0.465 e. The molecule has 0 spiro atoms. The van der Waals surface area contributed by atoms with Gasteiger partial charge in [0.2, 0.25) is 5.91 Å². The first kappa shape index (κ1) is 11.1.